The minimum Gasteiger partial charge on any atom is -0.481 e. The highest BCUT2D eigenvalue weighted by atomic mass is 32.2. The van der Waals surface area contributed by atoms with Crippen LogP contribution in [-0.4, -0.2) is 28.8 Å². The van der Waals surface area contributed by atoms with Crippen molar-refractivity contribution < 1.29 is 14.7 Å². The molecule has 2 N–H and O–H groups in total. The van der Waals surface area contributed by atoms with Crippen molar-refractivity contribution in [2.24, 2.45) is 5.92 Å². The molecule has 0 saturated heterocycles. The predicted octanol–water partition coefficient (Wildman–Crippen LogP) is 2.21. The van der Waals surface area contributed by atoms with Gasteiger partial charge in [0, 0.05) is 6.04 Å². The van der Waals surface area contributed by atoms with E-state index in [1.54, 1.807) is 11.3 Å². The van der Waals surface area contributed by atoms with Gasteiger partial charge < -0.3 is 10.4 Å². The molecular weight excluding hydrogens is 270 g/mol. The van der Waals surface area contributed by atoms with Crippen LogP contribution < -0.4 is 5.32 Å². The number of hydrogen-bond donors (Lipinski definition) is 2. The number of carboxylic acid groups (broad SMARTS) is 1. The van der Waals surface area contributed by atoms with E-state index in [0.29, 0.717) is 18.6 Å². The maximum Gasteiger partial charge on any atom is 0.306 e. The van der Waals surface area contributed by atoms with E-state index in [0.717, 1.165) is 10.6 Å². The van der Waals surface area contributed by atoms with E-state index in [1.807, 2.05) is 17.5 Å². The van der Waals surface area contributed by atoms with Crippen LogP contribution in [0.25, 0.3) is 0 Å². The van der Waals surface area contributed by atoms with Crippen molar-refractivity contribution in [2.75, 3.05) is 5.75 Å². The zero-order valence-electron chi connectivity index (χ0n) is 9.80. The molecule has 1 amide bonds. The number of rotatable bonds is 5. The third kappa shape index (κ3) is 3.74. The van der Waals surface area contributed by atoms with Crippen LogP contribution in [0.2, 0.25) is 0 Å². The fourth-order valence-corrected chi connectivity index (χ4v) is 3.68. The zero-order valence-corrected chi connectivity index (χ0v) is 11.4. The first-order valence-corrected chi connectivity index (χ1v) is 7.70. The summed E-state index contributed by atoms with van der Waals surface area (Å²) in [6.45, 7) is 0. The molecule has 4 nitrogen and oxygen atoms in total. The molecule has 1 aliphatic rings. The van der Waals surface area contributed by atoms with Gasteiger partial charge in [-0.15, -0.1) is 23.1 Å². The molecule has 0 aliphatic heterocycles. The number of hydrogen-bond acceptors (Lipinski definition) is 4. The van der Waals surface area contributed by atoms with Crippen molar-refractivity contribution in [3.05, 3.63) is 17.5 Å². The largest absolute Gasteiger partial charge is 0.481 e. The van der Waals surface area contributed by atoms with Gasteiger partial charge in [0.15, 0.2) is 0 Å². The van der Waals surface area contributed by atoms with Gasteiger partial charge in [0.2, 0.25) is 5.91 Å². The second-order valence-corrected chi connectivity index (χ2v) is 6.56. The van der Waals surface area contributed by atoms with E-state index in [2.05, 4.69) is 5.32 Å². The fraction of sp³-hybridized carbons (Fsp3) is 0.500. The number of carboxylic acids is 1. The number of thioether (sulfide) groups is 1. The summed E-state index contributed by atoms with van der Waals surface area (Å²) in [6.07, 6.45) is 2.00. The first-order valence-electron chi connectivity index (χ1n) is 5.83. The summed E-state index contributed by atoms with van der Waals surface area (Å²) in [7, 11) is 0. The van der Waals surface area contributed by atoms with Gasteiger partial charge in [-0.1, -0.05) is 6.07 Å². The second kappa shape index (κ2) is 6.24. The summed E-state index contributed by atoms with van der Waals surface area (Å²) in [5.74, 6) is -0.654. The summed E-state index contributed by atoms with van der Waals surface area (Å²) in [6, 6.07) is 3.97. The Morgan fingerprint density at radius 3 is 2.94 bits per heavy atom. The third-order valence-corrected chi connectivity index (χ3v) is 5.12. The lowest BCUT2D eigenvalue weighted by molar-refractivity contribution is -0.141. The summed E-state index contributed by atoms with van der Waals surface area (Å²) >= 11 is 3.13. The molecule has 2 atom stereocenters. The molecule has 0 radical (unpaired) electrons. The molecule has 1 saturated carbocycles. The highest BCUT2D eigenvalue weighted by molar-refractivity contribution is 8.01. The lowest BCUT2D eigenvalue weighted by Crippen LogP contribution is -2.34. The molecule has 0 aromatic carbocycles. The third-order valence-electron chi connectivity index (χ3n) is 2.99. The predicted molar refractivity (Wildman–Crippen MR) is 72.0 cm³/mol. The maximum atomic E-state index is 11.7. The highest BCUT2D eigenvalue weighted by Crippen LogP contribution is 2.26. The van der Waals surface area contributed by atoms with E-state index in [4.69, 9.17) is 5.11 Å². The Bertz CT molecular complexity index is 419. The van der Waals surface area contributed by atoms with Gasteiger partial charge in [0.05, 0.1) is 15.9 Å². The summed E-state index contributed by atoms with van der Waals surface area (Å²) < 4.78 is 1.12. The second-order valence-electron chi connectivity index (χ2n) is 4.33. The van der Waals surface area contributed by atoms with Crippen molar-refractivity contribution in [2.45, 2.75) is 29.5 Å². The summed E-state index contributed by atoms with van der Waals surface area (Å²) in [5, 5.41) is 13.8. The number of amides is 1. The molecule has 0 bridgehead atoms. The van der Waals surface area contributed by atoms with Crippen LogP contribution in [0.1, 0.15) is 19.3 Å². The van der Waals surface area contributed by atoms with Gasteiger partial charge in [-0.3, -0.25) is 9.59 Å². The molecule has 2 rings (SSSR count). The molecule has 1 heterocycles. The minimum atomic E-state index is -0.750. The van der Waals surface area contributed by atoms with Crippen LogP contribution in [0.15, 0.2) is 21.7 Å². The molecule has 1 aromatic heterocycles. The topological polar surface area (TPSA) is 66.4 Å². The van der Waals surface area contributed by atoms with Gasteiger partial charge >= 0.3 is 5.97 Å². The number of nitrogens with one attached hydrogen (secondary N) is 1. The van der Waals surface area contributed by atoms with Gasteiger partial charge in [0.25, 0.3) is 0 Å². The maximum absolute atomic E-state index is 11.7. The molecule has 1 aromatic rings. The summed E-state index contributed by atoms with van der Waals surface area (Å²) in [4.78, 5) is 22.5. The monoisotopic (exact) mass is 285 g/mol. The van der Waals surface area contributed by atoms with Gasteiger partial charge in [-0.2, -0.15) is 0 Å². The Kier molecular flexibility index (Phi) is 4.66. The van der Waals surface area contributed by atoms with Crippen molar-refractivity contribution in [1.29, 1.82) is 0 Å². The molecule has 6 heteroatoms. The van der Waals surface area contributed by atoms with Crippen LogP contribution >= 0.6 is 23.1 Å². The normalized spacial score (nSPS) is 22.9. The van der Waals surface area contributed by atoms with Crippen molar-refractivity contribution in [1.82, 2.24) is 5.32 Å². The van der Waals surface area contributed by atoms with E-state index in [9.17, 15) is 9.59 Å². The Morgan fingerprint density at radius 2 is 2.33 bits per heavy atom. The number of carbonyl (C=O) groups excluding carboxylic acids is 1. The number of carbonyl (C=O) groups is 2. The zero-order chi connectivity index (χ0) is 13.0. The molecular formula is C12H15NO3S2. The minimum absolute atomic E-state index is 0.00978. The Morgan fingerprint density at radius 1 is 1.50 bits per heavy atom. The molecule has 0 spiro atoms. The average molecular weight is 285 g/mol. The Hall–Kier alpha value is -1.01. The molecule has 1 fully saturated rings. The van der Waals surface area contributed by atoms with Gasteiger partial charge in [-0.25, -0.2) is 0 Å². The molecule has 1 aliphatic carbocycles. The molecule has 18 heavy (non-hydrogen) atoms. The number of aliphatic carboxylic acids is 1. The SMILES string of the molecule is O=C(CSc1cccs1)N[C@H]1CC[C@@H](C(=O)O)C1. The van der Waals surface area contributed by atoms with E-state index in [-0.39, 0.29) is 17.9 Å². The quantitative estimate of drug-likeness (QED) is 0.814. The van der Waals surface area contributed by atoms with Crippen LogP contribution in [-0.2, 0) is 9.59 Å². The summed E-state index contributed by atoms with van der Waals surface area (Å²) in [5.41, 5.74) is 0. The van der Waals surface area contributed by atoms with E-state index >= 15 is 0 Å². The fourth-order valence-electron chi connectivity index (χ4n) is 2.09. The van der Waals surface area contributed by atoms with Crippen LogP contribution in [0, 0.1) is 5.92 Å². The Balaban J connectivity index is 1.70. The van der Waals surface area contributed by atoms with Crippen LogP contribution in [0.3, 0.4) is 0 Å². The Labute approximate surface area is 114 Å². The average Bonchev–Trinajstić information content (AvgIpc) is 2.96. The highest BCUT2D eigenvalue weighted by Gasteiger charge is 2.30. The van der Waals surface area contributed by atoms with Crippen molar-refractivity contribution in [3.63, 3.8) is 0 Å². The number of thiophene rings is 1. The van der Waals surface area contributed by atoms with Crippen LogP contribution in [0.4, 0.5) is 0 Å². The first-order chi connectivity index (χ1) is 8.65. The first kappa shape index (κ1) is 13.4. The van der Waals surface area contributed by atoms with E-state index < -0.39 is 5.97 Å². The lowest BCUT2D eigenvalue weighted by Gasteiger charge is -2.11. The molecule has 98 valence electrons. The molecule has 0 unspecified atom stereocenters. The van der Waals surface area contributed by atoms with Crippen molar-refractivity contribution >= 4 is 35.0 Å². The van der Waals surface area contributed by atoms with E-state index in [1.165, 1.54) is 11.8 Å². The van der Waals surface area contributed by atoms with Gasteiger partial charge in [0.1, 0.15) is 0 Å². The standard InChI is InChI=1S/C12H15NO3S2/c14-10(7-18-11-2-1-5-17-11)13-9-4-3-8(6-9)12(15)16/h1-2,5,8-9H,3-4,6-7H2,(H,13,14)(H,15,16)/t8-,9+/m1/s1. The van der Waals surface area contributed by atoms with Gasteiger partial charge in [-0.05, 0) is 30.7 Å². The smallest absolute Gasteiger partial charge is 0.306 e. The van der Waals surface area contributed by atoms with Crippen LogP contribution in [0.5, 0.6) is 0 Å². The van der Waals surface area contributed by atoms with Crippen molar-refractivity contribution in [3.8, 4) is 0 Å². The lowest BCUT2D eigenvalue weighted by atomic mass is 10.1.